The molecule has 1 nitrogen and oxygen atoms in total. The Morgan fingerprint density at radius 1 is 1.33 bits per heavy atom. The second-order valence-corrected chi connectivity index (χ2v) is 4.93. The molecule has 0 N–H and O–H groups in total. The van der Waals surface area contributed by atoms with Crippen molar-refractivity contribution in [2.24, 2.45) is 5.92 Å². The van der Waals surface area contributed by atoms with Crippen LogP contribution in [0.2, 0.25) is 0 Å². The van der Waals surface area contributed by atoms with Crippen LogP contribution in [0, 0.1) is 12.8 Å². The minimum atomic E-state index is 0.578. The maximum atomic E-state index is 5.85. The molecule has 0 bridgehead atoms. The van der Waals surface area contributed by atoms with E-state index >= 15 is 0 Å². The van der Waals surface area contributed by atoms with E-state index in [9.17, 15) is 0 Å². The lowest BCUT2D eigenvalue weighted by Gasteiger charge is -2.12. The van der Waals surface area contributed by atoms with E-state index < -0.39 is 0 Å². The molecule has 0 amide bonds. The van der Waals surface area contributed by atoms with Crippen LogP contribution >= 0.6 is 0 Å². The molecule has 0 saturated heterocycles. The molecule has 0 heterocycles. The number of hydrogen-bond acceptors (Lipinski definition) is 1. The highest BCUT2D eigenvalue weighted by Gasteiger charge is 2.22. The fraction of sp³-hybridized carbons (Fsp3) is 0.571. The molecule has 1 aliphatic rings. The summed E-state index contributed by atoms with van der Waals surface area (Å²) >= 11 is 0. The zero-order valence-corrected chi connectivity index (χ0v) is 9.92. The molecule has 1 aromatic rings. The molecule has 1 aliphatic carbocycles. The van der Waals surface area contributed by atoms with Crippen molar-refractivity contribution in [2.45, 2.75) is 39.5 Å². The first kappa shape index (κ1) is 10.5. The molecule has 0 aromatic heterocycles. The van der Waals surface area contributed by atoms with Gasteiger partial charge in [0.1, 0.15) is 5.75 Å². The maximum absolute atomic E-state index is 5.85. The average molecular weight is 204 g/mol. The first-order valence-corrected chi connectivity index (χ1v) is 5.90. The van der Waals surface area contributed by atoms with Gasteiger partial charge in [-0.05, 0) is 48.8 Å². The lowest BCUT2D eigenvalue weighted by Crippen LogP contribution is -2.01. The van der Waals surface area contributed by atoms with Crippen LogP contribution in [0.1, 0.15) is 43.7 Å². The summed E-state index contributed by atoms with van der Waals surface area (Å²) in [7, 11) is 0. The highest BCUT2D eigenvalue weighted by atomic mass is 16.5. The van der Waals surface area contributed by atoms with Crippen molar-refractivity contribution >= 4 is 0 Å². The third-order valence-corrected chi connectivity index (χ3v) is 3.05. The van der Waals surface area contributed by atoms with Crippen molar-refractivity contribution < 1.29 is 4.74 Å². The second kappa shape index (κ2) is 4.26. The Labute approximate surface area is 92.5 Å². The molecular weight excluding hydrogens is 184 g/mol. The molecule has 1 saturated carbocycles. The second-order valence-electron chi connectivity index (χ2n) is 4.93. The van der Waals surface area contributed by atoms with Gasteiger partial charge in [-0.3, -0.25) is 0 Å². The SMILES string of the molecule is Cc1ccc(C(C)C)cc1OCC1CC1. The first-order chi connectivity index (χ1) is 7.16. The van der Waals surface area contributed by atoms with E-state index in [-0.39, 0.29) is 0 Å². The van der Waals surface area contributed by atoms with Gasteiger partial charge in [0.05, 0.1) is 6.61 Å². The molecule has 15 heavy (non-hydrogen) atoms. The summed E-state index contributed by atoms with van der Waals surface area (Å²) < 4.78 is 5.85. The zero-order chi connectivity index (χ0) is 10.8. The summed E-state index contributed by atoms with van der Waals surface area (Å²) in [6.07, 6.45) is 2.70. The Hall–Kier alpha value is -0.980. The molecule has 2 rings (SSSR count). The Bertz CT molecular complexity index is 337. The lowest BCUT2D eigenvalue weighted by atomic mass is 10.0. The van der Waals surface area contributed by atoms with Crippen LogP contribution in [-0.2, 0) is 0 Å². The van der Waals surface area contributed by atoms with E-state index in [1.165, 1.54) is 24.0 Å². The minimum absolute atomic E-state index is 0.578. The van der Waals surface area contributed by atoms with Crippen LogP contribution in [0.5, 0.6) is 5.75 Å². The zero-order valence-electron chi connectivity index (χ0n) is 9.92. The molecule has 82 valence electrons. The molecule has 0 radical (unpaired) electrons. The smallest absolute Gasteiger partial charge is 0.122 e. The normalized spacial score (nSPS) is 15.7. The van der Waals surface area contributed by atoms with E-state index in [2.05, 4.69) is 39.0 Å². The predicted octanol–water partition coefficient (Wildman–Crippen LogP) is 3.91. The van der Waals surface area contributed by atoms with Crippen LogP contribution in [-0.4, -0.2) is 6.61 Å². The summed E-state index contributed by atoms with van der Waals surface area (Å²) in [5.41, 5.74) is 2.62. The summed E-state index contributed by atoms with van der Waals surface area (Å²) in [5, 5.41) is 0. The summed E-state index contributed by atoms with van der Waals surface area (Å²) in [6.45, 7) is 7.46. The molecule has 0 unspecified atom stereocenters. The highest BCUT2D eigenvalue weighted by molar-refractivity contribution is 5.37. The Balaban J connectivity index is 2.08. The van der Waals surface area contributed by atoms with Crippen LogP contribution < -0.4 is 4.74 Å². The average Bonchev–Trinajstić information content (AvgIpc) is 3.00. The van der Waals surface area contributed by atoms with Gasteiger partial charge in [-0.1, -0.05) is 26.0 Å². The van der Waals surface area contributed by atoms with E-state index in [0.717, 1.165) is 18.3 Å². The summed E-state index contributed by atoms with van der Waals surface area (Å²) in [5.74, 6) is 2.48. The highest BCUT2D eigenvalue weighted by Crippen LogP contribution is 2.31. The monoisotopic (exact) mass is 204 g/mol. The fourth-order valence-electron chi connectivity index (χ4n) is 1.62. The number of benzene rings is 1. The molecule has 1 fully saturated rings. The topological polar surface area (TPSA) is 9.23 Å². The van der Waals surface area contributed by atoms with Crippen molar-refractivity contribution in [1.29, 1.82) is 0 Å². The van der Waals surface area contributed by atoms with Crippen LogP contribution in [0.15, 0.2) is 18.2 Å². The van der Waals surface area contributed by atoms with Gasteiger partial charge in [0.2, 0.25) is 0 Å². The molecule has 0 aliphatic heterocycles. The predicted molar refractivity (Wildman–Crippen MR) is 63.5 cm³/mol. The maximum Gasteiger partial charge on any atom is 0.122 e. The van der Waals surface area contributed by atoms with Gasteiger partial charge in [0.25, 0.3) is 0 Å². The number of ether oxygens (including phenoxy) is 1. The molecular formula is C14H20O. The molecule has 0 atom stereocenters. The van der Waals surface area contributed by atoms with Gasteiger partial charge in [-0.2, -0.15) is 0 Å². The van der Waals surface area contributed by atoms with Crippen molar-refractivity contribution in [3.05, 3.63) is 29.3 Å². The van der Waals surface area contributed by atoms with Gasteiger partial charge in [-0.15, -0.1) is 0 Å². The number of rotatable bonds is 4. The van der Waals surface area contributed by atoms with E-state index in [1.54, 1.807) is 0 Å². The Morgan fingerprint density at radius 3 is 2.67 bits per heavy atom. The number of aryl methyl sites for hydroxylation is 1. The van der Waals surface area contributed by atoms with Gasteiger partial charge in [0, 0.05) is 0 Å². The third-order valence-electron chi connectivity index (χ3n) is 3.05. The molecule has 1 aromatic carbocycles. The summed E-state index contributed by atoms with van der Waals surface area (Å²) in [4.78, 5) is 0. The van der Waals surface area contributed by atoms with E-state index in [0.29, 0.717) is 5.92 Å². The van der Waals surface area contributed by atoms with Crippen LogP contribution in [0.25, 0.3) is 0 Å². The molecule has 1 heteroatoms. The van der Waals surface area contributed by atoms with Crippen LogP contribution in [0.3, 0.4) is 0 Å². The minimum Gasteiger partial charge on any atom is -0.493 e. The van der Waals surface area contributed by atoms with Crippen molar-refractivity contribution in [1.82, 2.24) is 0 Å². The van der Waals surface area contributed by atoms with Gasteiger partial charge < -0.3 is 4.74 Å². The van der Waals surface area contributed by atoms with E-state index in [1.807, 2.05) is 0 Å². The van der Waals surface area contributed by atoms with Crippen molar-refractivity contribution in [3.8, 4) is 5.75 Å². The quantitative estimate of drug-likeness (QED) is 0.722. The number of hydrogen-bond donors (Lipinski definition) is 0. The third kappa shape index (κ3) is 2.74. The first-order valence-electron chi connectivity index (χ1n) is 5.90. The van der Waals surface area contributed by atoms with Gasteiger partial charge in [-0.25, -0.2) is 0 Å². The Morgan fingerprint density at radius 2 is 2.07 bits per heavy atom. The van der Waals surface area contributed by atoms with E-state index in [4.69, 9.17) is 4.74 Å². The van der Waals surface area contributed by atoms with Crippen molar-refractivity contribution in [3.63, 3.8) is 0 Å². The lowest BCUT2D eigenvalue weighted by molar-refractivity contribution is 0.297. The van der Waals surface area contributed by atoms with Gasteiger partial charge in [0.15, 0.2) is 0 Å². The van der Waals surface area contributed by atoms with Gasteiger partial charge >= 0.3 is 0 Å². The standard InChI is InChI=1S/C14H20O/c1-10(2)13-7-4-11(3)14(8-13)15-9-12-5-6-12/h4,7-8,10,12H,5-6,9H2,1-3H3. The van der Waals surface area contributed by atoms with Crippen molar-refractivity contribution in [2.75, 3.05) is 6.61 Å². The largest absolute Gasteiger partial charge is 0.493 e. The summed E-state index contributed by atoms with van der Waals surface area (Å²) in [6, 6.07) is 6.56. The molecule has 0 spiro atoms. The van der Waals surface area contributed by atoms with Crippen LogP contribution in [0.4, 0.5) is 0 Å². The fourth-order valence-corrected chi connectivity index (χ4v) is 1.62. The Kier molecular flexibility index (Phi) is 2.99.